The summed E-state index contributed by atoms with van der Waals surface area (Å²) in [4.78, 5) is 27.5. The highest BCUT2D eigenvalue weighted by molar-refractivity contribution is 5.94. The van der Waals surface area contributed by atoms with E-state index in [1.807, 2.05) is 6.92 Å². The number of nitrogens with zero attached hydrogens (tertiary/aromatic N) is 1. The number of rotatable bonds is 6. The van der Waals surface area contributed by atoms with Gasteiger partial charge in [0.05, 0.1) is 18.0 Å². The lowest BCUT2D eigenvalue weighted by molar-refractivity contribution is -0.137. The molecule has 0 bridgehead atoms. The molecule has 0 spiro atoms. The molecule has 0 aliphatic heterocycles. The SMILES string of the molecule is CC1=C(C(CC(=O)O)NC(=O)c2cccnc2)CC1c1ccc(F)cc1. The van der Waals surface area contributed by atoms with E-state index < -0.39 is 12.0 Å². The number of pyridine rings is 1. The summed E-state index contributed by atoms with van der Waals surface area (Å²) < 4.78 is 13.1. The second-order valence-electron chi connectivity index (χ2n) is 6.38. The number of hydrogen-bond acceptors (Lipinski definition) is 3. The summed E-state index contributed by atoms with van der Waals surface area (Å²) >= 11 is 0. The van der Waals surface area contributed by atoms with Crippen LogP contribution in [0.1, 0.15) is 41.6 Å². The fraction of sp³-hybridized carbons (Fsp3) is 0.250. The van der Waals surface area contributed by atoms with Crippen LogP contribution in [-0.4, -0.2) is 28.0 Å². The van der Waals surface area contributed by atoms with Gasteiger partial charge < -0.3 is 10.4 Å². The van der Waals surface area contributed by atoms with Gasteiger partial charge in [-0.2, -0.15) is 0 Å². The molecule has 0 saturated heterocycles. The average molecular weight is 354 g/mol. The Morgan fingerprint density at radius 3 is 2.62 bits per heavy atom. The van der Waals surface area contributed by atoms with E-state index in [4.69, 9.17) is 0 Å². The minimum Gasteiger partial charge on any atom is -0.481 e. The molecule has 1 heterocycles. The van der Waals surface area contributed by atoms with Gasteiger partial charge in [-0.15, -0.1) is 0 Å². The standard InChI is InChI=1S/C20H19FN2O3/c1-12-16(13-4-6-15(21)7-5-13)9-17(12)18(10-19(24)25)23-20(26)14-3-2-8-22-11-14/h2-8,11,16,18H,9-10H2,1H3,(H,23,26)(H,24,25). The largest absolute Gasteiger partial charge is 0.481 e. The highest BCUT2D eigenvalue weighted by atomic mass is 19.1. The summed E-state index contributed by atoms with van der Waals surface area (Å²) in [6, 6.07) is 9.01. The molecule has 26 heavy (non-hydrogen) atoms. The Hall–Kier alpha value is -3.02. The van der Waals surface area contributed by atoms with Crippen LogP contribution in [0, 0.1) is 5.82 Å². The number of carboxylic acid groups (broad SMARTS) is 1. The van der Waals surface area contributed by atoms with E-state index in [9.17, 15) is 19.1 Å². The van der Waals surface area contributed by atoms with Crippen LogP contribution in [0.4, 0.5) is 4.39 Å². The Bertz CT molecular complexity index is 847. The molecule has 0 fully saturated rings. The van der Waals surface area contributed by atoms with Crippen LogP contribution in [0.3, 0.4) is 0 Å². The molecular formula is C20H19FN2O3. The van der Waals surface area contributed by atoms with Crippen molar-refractivity contribution in [1.82, 2.24) is 10.3 Å². The van der Waals surface area contributed by atoms with Crippen molar-refractivity contribution < 1.29 is 19.1 Å². The molecule has 1 aromatic carbocycles. The number of amides is 1. The maximum Gasteiger partial charge on any atom is 0.305 e. The van der Waals surface area contributed by atoms with Crippen LogP contribution in [0.5, 0.6) is 0 Å². The molecule has 6 heteroatoms. The van der Waals surface area contributed by atoms with Crippen LogP contribution >= 0.6 is 0 Å². The Labute approximate surface area is 150 Å². The van der Waals surface area contributed by atoms with E-state index in [0.717, 1.165) is 16.7 Å². The van der Waals surface area contributed by atoms with Gasteiger partial charge in [-0.1, -0.05) is 17.7 Å². The first kappa shape index (κ1) is 17.8. The molecule has 1 aromatic heterocycles. The molecule has 2 atom stereocenters. The lowest BCUT2D eigenvalue weighted by atomic mass is 9.71. The summed E-state index contributed by atoms with van der Waals surface area (Å²) in [7, 11) is 0. The zero-order valence-corrected chi connectivity index (χ0v) is 14.3. The Kier molecular flexibility index (Phi) is 5.11. The van der Waals surface area contributed by atoms with E-state index in [0.29, 0.717) is 12.0 Å². The van der Waals surface area contributed by atoms with Gasteiger partial charge in [0, 0.05) is 18.3 Å². The maximum atomic E-state index is 13.1. The minimum absolute atomic E-state index is 0.122. The number of allylic oxidation sites excluding steroid dienone is 1. The molecule has 5 nitrogen and oxygen atoms in total. The van der Waals surface area contributed by atoms with E-state index >= 15 is 0 Å². The lowest BCUT2D eigenvalue weighted by Gasteiger charge is -2.36. The van der Waals surface area contributed by atoms with Crippen molar-refractivity contribution in [3.05, 3.63) is 76.9 Å². The van der Waals surface area contributed by atoms with Crippen molar-refractivity contribution >= 4 is 11.9 Å². The molecule has 1 aliphatic rings. The number of nitrogens with one attached hydrogen (secondary N) is 1. The number of aromatic nitrogens is 1. The van der Waals surface area contributed by atoms with Gasteiger partial charge in [-0.05, 0) is 48.7 Å². The van der Waals surface area contributed by atoms with Crippen molar-refractivity contribution in [2.45, 2.75) is 31.7 Å². The number of aliphatic carboxylic acids is 1. The highest BCUT2D eigenvalue weighted by Crippen LogP contribution is 2.44. The fourth-order valence-electron chi connectivity index (χ4n) is 3.28. The third kappa shape index (κ3) is 3.79. The summed E-state index contributed by atoms with van der Waals surface area (Å²) in [6.45, 7) is 1.93. The molecule has 1 amide bonds. The van der Waals surface area contributed by atoms with Crippen LogP contribution in [0.25, 0.3) is 0 Å². The second-order valence-corrected chi connectivity index (χ2v) is 6.38. The van der Waals surface area contributed by atoms with E-state index in [-0.39, 0.29) is 24.1 Å². The lowest BCUT2D eigenvalue weighted by Crippen LogP contribution is -2.41. The first-order valence-electron chi connectivity index (χ1n) is 8.33. The van der Waals surface area contributed by atoms with Crippen LogP contribution in [0.2, 0.25) is 0 Å². The van der Waals surface area contributed by atoms with Gasteiger partial charge >= 0.3 is 5.97 Å². The molecule has 0 radical (unpaired) electrons. The second kappa shape index (κ2) is 7.47. The first-order chi connectivity index (χ1) is 12.5. The van der Waals surface area contributed by atoms with Gasteiger partial charge in [0.15, 0.2) is 0 Å². The number of benzene rings is 1. The Balaban J connectivity index is 1.79. The molecule has 1 aliphatic carbocycles. The zero-order chi connectivity index (χ0) is 18.7. The minimum atomic E-state index is -0.980. The van der Waals surface area contributed by atoms with Crippen molar-refractivity contribution in [2.24, 2.45) is 0 Å². The fourth-order valence-corrected chi connectivity index (χ4v) is 3.28. The van der Waals surface area contributed by atoms with Crippen molar-refractivity contribution in [3.63, 3.8) is 0 Å². The van der Waals surface area contributed by atoms with E-state index in [1.54, 1.807) is 30.5 Å². The molecule has 0 saturated carbocycles. The monoisotopic (exact) mass is 354 g/mol. The van der Waals surface area contributed by atoms with Crippen LogP contribution in [0.15, 0.2) is 59.9 Å². The average Bonchev–Trinajstić information content (AvgIpc) is 2.62. The quantitative estimate of drug-likeness (QED) is 0.780. The number of hydrogen-bond donors (Lipinski definition) is 2. The number of carbonyl (C=O) groups is 2. The number of halogens is 1. The van der Waals surface area contributed by atoms with E-state index in [2.05, 4.69) is 10.3 Å². The number of carboxylic acids is 1. The smallest absolute Gasteiger partial charge is 0.305 e. The normalized spacial score (nSPS) is 17.4. The first-order valence-corrected chi connectivity index (χ1v) is 8.33. The van der Waals surface area contributed by atoms with Gasteiger partial charge in [-0.3, -0.25) is 14.6 Å². The van der Waals surface area contributed by atoms with Gasteiger partial charge in [0.25, 0.3) is 5.91 Å². The predicted molar refractivity (Wildman–Crippen MR) is 94.2 cm³/mol. The van der Waals surface area contributed by atoms with E-state index in [1.165, 1.54) is 18.3 Å². The van der Waals surface area contributed by atoms with Gasteiger partial charge in [0.1, 0.15) is 5.82 Å². The predicted octanol–water partition coefficient (Wildman–Crippen LogP) is 3.30. The molecule has 3 rings (SSSR count). The third-order valence-electron chi connectivity index (χ3n) is 4.75. The van der Waals surface area contributed by atoms with Crippen LogP contribution < -0.4 is 5.32 Å². The van der Waals surface area contributed by atoms with Crippen molar-refractivity contribution in [1.29, 1.82) is 0 Å². The molecular weight excluding hydrogens is 335 g/mol. The van der Waals surface area contributed by atoms with Crippen molar-refractivity contribution in [3.8, 4) is 0 Å². The van der Waals surface area contributed by atoms with Gasteiger partial charge in [-0.25, -0.2) is 4.39 Å². The van der Waals surface area contributed by atoms with Crippen molar-refractivity contribution in [2.75, 3.05) is 0 Å². The third-order valence-corrected chi connectivity index (χ3v) is 4.75. The maximum absolute atomic E-state index is 13.1. The summed E-state index contributed by atoms with van der Waals surface area (Å²) in [5.41, 5.74) is 3.31. The topological polar surface area (TPSA) is 79.3 Å². The molecule has 2 aromatic rings. The van der Waals surface area contributed by atoms with Gasteiger partial charge in [0.2, 0.25) is 0 Å². The Morgan fingerprint density at radius 2 is 2.04 bits per heavy atom. The Morgan fingerprint density at radius 1 is 1.31 bits per heavy atom. The van der Waals surface area contributed by atoms with Crippen LogP contribution in [-0.2, 0) is 4.79 Å². The summed E-state index contributed by atoms with van der Waals surface area (Å²) in [5.74, 6) is -1.50. The molecule has 2 unspecified atom stereocenters. The summed E-state index contributed by atoms with van der Waals surface area (Å²) in [5, 5.41) is 12.0. The summed E-state index contributed by atoms with van der Waals surface area (Å²) in [6.07, 6.45) is 3.46. The molecule has 134 valence electrons. The zero-order valence-electron chi connectivity index (χ0n) is 14.3. The highest BCUT2D eigenvalue weighted by Gasteiger charge is 2.34. The number of carbonyl (C=O) groups excluding carboxylic acids is 1. The molecule has 2 N–H and O–H groups in total.